The molecule has 0 aliphatic rings. The van der Waals surface area contributed by atoms with E-state index >= 15 is 0 Å². The summed E-state index contributed by atoms with van der Waals surface area (Å²) < 4.78 is 15.3. The number of hydrogen-bond donors (Lipinski definition) is 1. The zero-order chi connectivity index (χ0) is 18.1. The van der Waals surface area contributed by atoms with Gasteiger partial charge in [0.05, 0.1) is 19.9 Å². The Kier molecular flexibility index (Phi) is 7.28. The number of methoxy groups -OCH3 is 2. The molecule has 2 aromatic rings. The molecule has 25 heavy (non-hydrogen) atoms. The van der Waals surface area contributed by atoms with Gasteiger partial charge < -0.3 is 19.5 Å². The van der Waals surface area contributed by atoms with Crippen LogP contribution in [0, 0.1) is 0 Å². The Balaban J connectivity index is 1.75. The molecule has 0 saturated heterocycles. The monoisotopic (exact) mass is 363 g/mol. The number of amides is 1. The average molecular weight is 363 g/mol. The van der Waals surface area contributed by atoms with Gasteiger partial charge in [0.1, 0.15) is 11.5 Å². The maximum absolute atomic E-state index is 12.0. The molecular weight excluding hydrogens is 342 g/mol. The number of hydrogen-bond acceptors (Lipinski definition) is 6. The van der Waals surface area contributed by atoms with E-state index in [0.29, 0.717) is 23.6 Å². The van der Waals surface area contributed by atoms with Crippen LogP contribution >= 0.6 is 11.3 Å². The van der Waals surface area contributed by atoms with Crippen LogP contribution in [0.1, 0.15) is 17.7 Å². The molecule has 1 N–H and O–H groups in total. The van der Waals surface area contributed by atoms with Gasteiger partial charge in [0.2, 0.25) is 0 Å². The molecule has 0 aliphatic carbocycles. The summed E-state index contributed by atoms with van der Waals surface area (Å²) in [6, 6.07) is 9.06. The summed E-state index contributed by atoms with van der Waals surface area (Å²) in [7, 11) is 3.04. The van der Waals surface area contributed by atoms with Crippen molar-refractivity contribution in [3.8, 4) is 11.5 Å². The first kappa shape index (κ1) is 18.8. The van der Waals surface area contributed by atoms with Crippen LogP contribution in [0.15, 0.2) is 35.7 Å². The van der Waals surface area contributed by atoms with Gasteiger partial charge in [0, 0.05) is 17.4 Å². The summed E-state index contributed by atoms with van der Waals surface area (Å²) in [5.74, 6) is 0.264. The van der Waals surface area contributed by atoms with Crippen LogP contribution in [0.25, 0.3) is 0 Å². The fourth-order valence-electron chi connectivity index (χ4n) is 2.18. The number of carbonyl (C=O) groups is 2. The van der Waals surface area contributed by atoms with Crippen molar-refractivity contribution in [1.82, 2.24) is 0 Å². The van der Waals surface area contributed by atoms with Gasteiger partial charge in [-0.1, -0.05) is 6.07 Å². The Labute approximate surface area is 150 Å². The van der Waals surface area contributed by atoms with Crippen LogP contribution in [0.2, 0.25) is 0 Å². The summed E-state index contributed by atoms with van der Waals surface area (Å²) in [6.07, 6.45) is 1.82. The Bertz CT molecular complexity index is 699. The van der Waals surface area contributed by atoms with E-state index in [1.54, 1.807) is 29.5 Å². The van der Waals surface area contributed by atoms with Gasteiger partial charge >= 0.3 is 5.97 Å². The van der Waals surface area contributed by atoms with Crippen LogP contribution < -0.4 is 14.8 Å². The van der Waals surface area contributed by atoms with E-state index in [9.17, 15) is 9.59 Å². The molecule has 2 rings (SSSR count). The van der Waals surface area contributed by atoms with Crippen LogP contribution in [0.3, 0.4) is 0 Å². The SMILES string of the molecule is COc1ccc(OC)c(NC(=O)COC(=O)CCCc2cccs2)c1. The predicted molar refractivity (Wildman–Crippen MR) is 96.4 cm³/mol. The number of rotatable bonds is 9. The van der Waals surface area contributed by atoms with E-state index in [2.05, 4.69) is 5.32 Å². The second-order valence-corrected chi connectivity index (χ2v) is 6.24. The lowest BCUT2D eigenvalue weighted by molar-refractivity contribution is -0.147. The number of anilines is 1. The number of thiophene rings is 1. The van der Waals surface area contributed by atoms with Crippen LogP contribution in [0.4, 0.5) is 5.69 Å². The number of esters is 1. The second-order valence-electron chi connectivity index (χ2n) is 5.21. The maximum Gasteiger partial charge on any atom is 0.306 e. The van der Waals surface area contributed by atoms with Crippen molar-refractivity contribution in [2.24, 2.45) is 0 Å². The summed E-state index contributed by atoms with van der Waals surface area (Å²) in [5, 5.41) is 4.66. The van der Waals surface area contributed by atoms with Crippen molar-refractivity contribution in [2.45, 2.75) is 19.3 Å². The van der Waals surface area contributed by atoms with E-state index in [4.69, 9.17) is 14.2 Å². The number of carbonyl (C=O) groups excluding carboxylic acids is 2. The number of ether oxygens (including phenoxy) is 3. The van der Waals surface area contributed by atoms with Crippen molar-refractivity contribution in [2.75, 3.05) is 26.1 Å². The highest BCUT2D eigenvalue weighted by atomic mass is 32.1. The molecule has 7 heteroatoms. The second kappa shape index (κ2) is 9.68. The van der Waals surface area contributed by atoms with E-state index in [0.717, 1.165) is 6.42 Å². The lowest BCUT2D eigenvalue weighted by Gasteiger charge is -2.12. The summed E-state index contributed by atoms with van der Waals surface area (Å²) in [4.78, 5) is 24.9. The Morgan fingerprint density at radius 1 is 1.16 bits per heavy atom. The molecule has 0 fully saturated rings. The molecule has 134 valence electrons. The maximum atomic E-state index is 12.0. The van der Waals surface area contributed by atoms with Crippen molar-refractivity contribution in [1.29, 1.82) is 0 Å². The average Bonchev–Trinajstić information content (AvgIpc) is 3.13. The standard InChI is InChI=1S/C18H21NO5S/c1-22-13-8-9-16(23-2)15(11-13)19-17(20)12-24-18(21)7-3-5-14-6-4-10-25-14/h4,6,8-11H,3,5,7,12H2,1-2H3,(H,19,20). The van der Waals surface area contributed by atoms with Gasteiger partial charge in [-0.15, -0.1) is 11.3 Å². The van der Waals surface area contributed by atoms with Crippen LogP contribution in [-0.4, -0.2) is 32.7 Å². The fraction of sp³-hybridized carbons (Fsp3) is 0.333. The van der Waals surface area contributed by atoms with E-state index in [-0.39, 0.29) is 19.0 Å². The molecule has 0 radical (unpaired) electrons. The van der Waals surface area contributed by atoms with Crippen molar-refractivity contribution < 1.29 is 23.8 Å². The molecule has 0 spiro atoms. The Morgan fingerprint density at radius 3 is 2.68 bits per heavy atom. The highest BCUT2D eigenvalue weighted by Gasteiger charge is 2.11. The third-order valence-corrected chi connectivity index (χ3v) is 4.37. The first-order chi connectivity index (χ1) is 12.1. The lowest BCUT2D eigenvalue weighted by atomic mass is 10.2. The molecular formula is C18H21NO5S. The normalized spacial score (nSPS) is 10.2. The predicted octanol–water partition coefficient (Wildman–Crippen LogP) is 3.27. The van der Waals surface area contributed by atoms with Crippen molar-refractivity contribution >= 4 is 28.9 Å². The molecule has 1 amide bonds. The van der Waals surface area contributed by atoms with E-state index in [1.807, 2.05) is 17.5 Å². The van der Waals surface area contributed by atoms with Crippen LogP contribution in [0.5, 0.6) is 11.5 Å². The first-order valence-corrected chi connectivity index (χ1v) is 8.70. The Hall–Kier alpha value is -2.54. The fourth-order valence-corrected chi connectivity index (χ4v) is 2.93. The van der Waals surface area contributed by atoms with Gasteiger partial charge in [0.25, 0.3) is 5.91 Å². The number of aryl methyl sites for hydroxylation is 1. The lowest BCUT2D eigenvalue weighted by Crippen LogP contribution is -2.21. The summed E-state index contributed by atoms with van der Waals surface area (Å²) in [5.41, 5.74) is 0.459. The van der Waals surface area contributed by atoms with Crippen LogP contribution in [-0.2, 0) is 20.7 Å². The number of nitrogens with one attached hydrogen (secondary N) is 1. The summed E-state index contributed by atoms with van der Waals surface area (Å²) in [6.45, 7) is -0.335. The van der Waals surface area contributed by atoms with Crippen molar-refractivity contribution in [3.05, 3.63) is 40.6 Å². The third kappa shape index (κ3) is 6.11. The smallest absolute Gasteiger partial charge is 0.306 e. The largest absolute Gasteiger partial charge is 0.497 e. The minimum atomic E-state index is -0.432. The van der Waals surface area contributed by atoms with Gasteiger partial charge in [0.15, 0.2) is 6.61 Å². The van der Waals surface area contributed by atoms with E-state index in [1.165, 1.54) is 19.1 Å². The van der Waals surface area contributed by atoms with Crippen molar-refractivity contribution in [3.63, 3.8) is 0 Å². The molecule has 1 aromatic carbocycles. The topological polar surface area (TPSA) is 73.9 Å². The van der Waals surface area contributed by atoms with E-state index < -0.39 is 5.91 Å². The highest BCUT2D eigenvalue weighted by molar-refractivity contribution is 7.09. The molecule has 0 aliphatic heterocycles. The quantitative estimate of drug-likeness (QED) is 0.692. The minimum Gasteiger partial charge on any atom is -0.497 e. The minimum absolute atomic E-state index is 0.285. The molecule has 0 unspecified atom stereocenters. The zero-order valence-electron chi connectivity index (χ0n) is 14.2. The highest BCUT2D eigenvalue weighted by Crippen LogP contribution is 2.28. The third-order valence-electron chi connectivity index (χ3n) is 3.43. The zero-order valence-corrected chi connectivity index (χ0v) is 15.1. The van der Waals surface area contributed by atoms with Gasteiger partial charge in [-0.25, -0.2) is 0 Å². The van der Waals surface area contributed by atoms with Gasteiger partial charge in [-0.2, -0.15) is 0 Å². The van der Waals surface area contributed by atoms with Gasteiger partial charge in [-0.3, -0.25) is 9.59 Å². The molecule has 0 atom stereocenters. The first-order valence-electron chi connectivity index (χ1n) is 7.82. The van der Waals surface area contributed by atoms with Gasteiger partial charge in [-0.05, 0) is 36.4 Å². The molecule has 1 heterocycles. The molecule has 0 saturated carbocycles. The number of benzene rings is 1. The summed E-state index contributed by atoms with van der Waals surface area (Å²) >= 11 is 1.66. The molecule has 6 nitrogen and oxygen atoms in total. The molecule has 1 aromatic heterocycles. The molecule has 0 bridgehead atoms. The Morgan fingerprint density at radius 2 is 2.00 bits per heavy atom.